The standard InChI is InChI=1S/C18H21N3O5/c22-15(19-8-9-20-16(23)14-6-3-11-26-14)7-10-21-17(24)12-4-1-2-5-13(12)18(21)25/h1-2,4-5,14H,3,6-11H2,(H,19,22)(H,20,23). The number of nitrogens with one attached hydrogen (secondary N) is 2. The third kappa shape index (κ3) is 3.91. The van der Waals surface area contributed by atoms with E-state index in [0.717, 1.165) is 17.7 Å². The predicted octanol–water partition coefficient (Wildman–Crippen LogP) is 0.0841. The summed E-state index contributed by atoms with van der Waals surface area (Å²) < 4.78 is 5.27. The molecule has 3 rings (SSSR count). The number of nitrogens with zero attached hydrogens (tertiary/aromatic N) is 1. The van der Waals surface area contributed by atoms with Gasteiger partial charge in [0.15, 0.2) is 0 Å². The highest BCUT2D eigenvalue weighted by atomic mass is 16.5. The number of imide groups is 1. The van der Waals surface area contributed by atoms with Crippen molar-refractivity contribution < 1.29 is 23.9 Å². The first-order chi connectivity index (χ1) is 12.6. The molecule has 1 saturated heterocycles. The van der Waals surface area contributed by atoms with Gasteiger partial charge in [-0.2, -0.15) is 0 Å². The molecule has 2 aliphatic rings. The molecule has 8 nitrogen and oxygen atoms in total. The molecule has 26 heavy (non-hydrogen) atoms. The summed E-state index contributed by atoms with van der Waals surface area (Å²) in [6, 6.07) is 6.61. The number of benzene rings is 1. The van der Waals surface area contributed by atoms with Crippen LogP contribution in [0.5, 0.6) is 0 Å². The predicted molar refractivity (Wildman–Crippen MR) is 91.4 cm³/mol. The average Bonchev–Trinajstić information content (AvgIpc) is 3.26. The van der Waals surface area contributed by atoms with E-state index in [1.54, 1.807) is 24.3 Å². The van der Waals surface area contributed by atoms with Gasteiger partial charge >= 0.3 is 0 Å². The van der Waals surface area contributed by atoms with Crippen molar-refractivity contribution in [1.29, 1.82) is 0 Å². The van der Waals surface area contributed by atoms with Crippen molar-refractivity contribution >= 4 is 23.6 Å². The molecule has 1 fully saturated rings. The Morgan fingerprint density at radius 2 is 1.73 bits per heavy atom. The summed E-state index contributed by atoms with van der Waals surface area (Å²) in [7, 11) is 0. The Balaban J connectivity index is 1.36. The van der Waals surface area contributed by atoms with Gasteiger partial charge in [0, 0.05) is 32.7 Å². The van der Waals surface area contributed by atoms with Crippen molar-refractivity contribution in [2.75, 3.05) is 26.2 Å². The highest BCUT2D eigenvalue weighted by molar-refractivity contribution is 6.21. The summed E-state index contributed by atoms with van der Waals surface area (Å²) in [6.45, 7) is 1.21. The number of amides is 4. The smallest absolute Gasteiger partial charge is 0.261 e. The van der Waals surface area contributed by atoms with Gasteiger partial charge in [0.2, 0.25) is 11.8 Å². The highest BCUT2D eigenvalue weighted by Gasteiger charge is 2.34. The minimum absolute atomic E-state index is 0.0190. The third-order valence-electron chi connectivity index (χ3n) is 4.41. The van der Waals surface area contributed by atoms with Crippen LogP contribution >= 0.6 is 0 Å². The van der Waals surface area contributed by atoms with Crippen LogP contribution in [0.15, 0.2) is 24.3 Å². The summed E-state index contributed by atoms with van der Waals surface area (Å²) >= 11 is 0. The molecule has 0 saturated carbocycles. The SMILES string of the molecule is O=C(CCN1C(=O)c2ccccc2C1=O)NCCNC(=O)C1CCCO1. The van der Waals surface area contributed by atoms with Crippen LogP contribution in [0.4, 0.5) is 0 Å². The molecule has 0 bridgehead atoms. The van der Waals surface area contributed by atoms with Gasteiger partial charge in [-0.25, -0.2) is 0 Å². The molecule has 1 atom stereocenters. The summed E-state index contributed by atoms with van der Waals surface area (Å²) in [5.41, 5.74) is 0.740. The second kappa shape index (κ2) is 8.09. The summed E-state index contributed by atoms with van der Waals surface area (Å²) in [6.07, 6.45) is 1.23. The maximum atomic E-state index is 12.2. The van der Waals surface area contributed by atoms with E-state index >= 15 is 0 Å². The monoisotopic (exact) mass is 359 g/mol. The zero-order chi connectivity index (χ0) is 18.5. The largest absolute Gasteiger partial charge is 0.368 e. The maximum absolute atomic E-state index is 12.2. The average molecular weight is 359 g/mol. The van der Waals surface area contributed by atoms with E-state index in [2.05, 4.69) is 10.6 Å². The number of rotatable bonds is 7. The zero-order valence-electron chi connectivity index (χ0n) is 14.3. The molecule has 2 heterocycles. The molecule has 2 aliphatic heterocycles. The van der Waals surface area contributed by atoms with Crippen molar-refractivity contribution in [3.05, 3.63) is 35.4 Å². The van der Waals surface area contributed by atoms with Crippen LogP contribution in [0, 0.1) is 0 Å². The second-order valence-electron chi connectivity index (χ2n) is 6.20. The van der Waals surface area contributed by atoms with Gasteiger partial charge in [0.25, 0.3) is 11.8 Å². The van der Waals surface area contributed by atoms with Crippen molar-refractivity contribution in [2.24, 2.45) is 0 Å². The molecule has 138 valence electrons. The molecule has 2 N–H and O–H groups in total. The fourth-order valence-electron chi connectivity index (χ4n) is 3.03. The van der Waals surface area contributed by atoms with E-state index in [4.69, 9.17) is 4.74 Å². The molecule has 0 radical (unpaired) electrons. The third-order valence-corrected chi connectivity index (χ3v) is 4.41. The van der Waals surface area contributed by atoms with Crippen molar-refractivity contribution in [3.8, 4) is 0 Å². The quantitative estimate of drug-likeness (QED) is 0.530. The first-order valence-corrected chi connectivity index (χ1v) is 8.69. The minimum atomic E-state index is -0.389. The molecule has 4 amide bonds. The van der Waals surface area contributed by atoms with Crippen LogP contribution in [-0.2, 0) is 14.3 Å². The summed E-state index contributed by atoms with van der Waals surface area (Å²) in [4.78, 5) is 49.1. The fourth-order valence-corrected chi connectivity index (χ4v) is 3.03. The molecule has 0 spiro atoms. The number of hydrogen-bond acceptors (Lipinski definition) is 5. The van der Waals surface area contributed by atoms with Crippen LogP contribution in [-0.4, -0.2) is 60.9 Å². The van der Waals surface area contributed by atoms with Gasteiger partial charge in [0.05, 0.1) is 11.1 Å². The minimum Gasteiger partial charge on any atom is -0.368 e. The van der Waals surface area contributed by atoms with Gasteiger partial charge in [-0.3, -0.25) is 24.1 Å². The Morgan fingerprint density at radius 3 is 2.35 bits per heavy atom. The zero-order valence-corrected chi connectivity index (χ0v) is 14.3. The normalized spacial score (nSPS) is 18.8. The lowest BCUT2D eigenvalue weighted by Crippen LogP contribution is -2.40. The molecule has 0 aliphatic carbocycles. The number of carbonyl (C=O) groups is 4. The summed E-state index contributed by atoms with van der Waals surface area (Å²) in [5, 5.41) is 5.37. The molecule has 1 aromatic carbocycles. The van der Waals surface area contributed by atoms with Crippen LogP contribution in [0.1, 0.15) is 40.0 Å². The lowest BCUT2D eigenvalue weighted by molar-refractivity contribution is -0.130. The molecule has 1 aromatic rings. The van der Waals surface area contributed by atoms with Gasteiger partial charge in [-0.1, -0.05) is 12.1 Å². The van der Waals surface area contributed by atoms with Crippen molar-refractivity contribution in [2.45, 2.75) is 25.4 Å². The maximum Gasteiger partial charge on any atom is 0.261 e. The van der Waals surface area contributed by atoms with E-state index in [-0.39, 0.29) is 49.2 Å². The Bertz CT molecular complexity index is 692. The van der Waals surface area contributed by atoms with E-state index in [9.17, 15) is 19.2 Å². The lowest BCUT2D eigenvalue weighted by atomic mass is 10.1. The second-order valence-corrected chi connectivity index (χ2v) is 6.20. The van der Waals surface area contributed by atoms with Crippen molar-refractivity contribution in [1.82, 2.24) is 15.5 Å². The number of carbonyl (C=O) groups excluding carboxylic acids is 4. The van der Waals surface area contributed by atoms with Gasteiger partial charge in [0.1, 0.15) is 6.10 Å². The topological polar surface area (TPSA) is 105 Å². The van der Waals surface area contributed by atoms with E-state index in [0.29, 0.717) is 24.3 Å². The number of ether oxygens (including phenoxy) is 1. The molecular weight excluding hydrogens is 338 g/mol. The van der Waals surface area contributed by atoms with Gasteiger partial charge in [-0.05, 0) is 25.0 Å². The fraction of sp³-hybridized carbons (Fsp3) is 0.444. The number of fused-ring (bicyclic) bond motifs is 1. The first kappa shape index (κ1) is 18.1. The van der Waals surface area contributed by atoms with Crippen molar-refractivity contribution in [3.63, 3.8) is 0 Å². The van der Waals surface area contributed by atoms with Crippen LogP contribution < -0.4 is 10.6 Å². The van der Waals surface area contributed by atoms with Gasteiger partial charge < -0.3 is 15.4 Å². The van der Waals surface area contributed by atoms with Crippen LogP contribution in [0.25, 0.3) is 0 Å². The van der Waals surface area contributed by atoms with E-state index in [1.807, 2.05) is 0 Å². The Labute approximate surface area is 150 Å². The molecule has 0 aromatic heterocycles. The summed E-state index contributed by atoms with van der Waals surface area (Å²) in [5.74, 6) is -1.19. The van der Waals surface area contributed by atoms with E-state index in [1.165, 1.54) is 0 Å². The number of hydrogen-bond donors (Lipinski definition) is 2. The molecule has 8 heteroatoms. The Hall–Kier alpha value is -2.74. The van der Waals surface area contributed by atoms with Crippen LogP contribution in [0.3, 0.4) is 0 Å². The Kier molecular flexibility index (Phi) is 5.62. The lowest BCUT2D eigenvalue weighted by Gasteiger charge is -2.14. The molecular formula is C18H21N3O5. The van der Waals surface area contributed by atoms with Gasteiger partial charge in [-0.15, -0.1) is 0 Å². The van der Waals surface area contributed by atoms with Crippen LogP contribution in [0.2, 0.25) is 0 Å². The Morgan fingerprint density at radius 1 is 1.08 bits per heavy atom. The molecule has 1 unspecified atom stereocenters. The highest BCUT2D eigenvalue weighted by Crippen LogP contribution is 2.22. The van der Waals surface area contributed by atoms with E-state index < -0.39 is 0 Å². The first-order valence-electron chi connectivity index (χ1n) is 8.69.